The van der Waals surface area contributed by atoms with Crippen molar-refractivity contribution in [1.29, 1.82) is 0 Å². The first kappa shape index (κ1) is 20.8. The number of benzene rings is 3. The molecule has 1 aliphatic heterocycles. The van der Waals surface area contributed by atoms with Crippen molar-refractivity contribution in [2.45, 2.75) is 31.7 Å². The van der Waals surface area contributed by atoms with Gasteiger partial charge in [-0.15, -0.1) is 0 Å². The van der Waals surface area contributed by atoms with E-state index in [0.29, 0.717) is 29.5 Å². The van der Waals surface area contributed by atoms with Crippen LogP contribution in [0.1, 0.15) is 48.4 Å². The lowest BCUT2D eigenvalue weighted by molar-refractivity contribution is 0.317. The largest absolute Gasteiger partial charge is 0.492 e. The van der Waals surface area contributed by atoms with Crippen molar-refractivity contribution < 1.29 is 4.74 Å². The molecular formula is C28H27ClN2O. The predicted molar refractivity (Wildman–Crippen MR) is 134 cm³/mol. The molecule has 0 saturated carbocycles. The molecule has 4 heteroatoms. The Balaban J connectivity index is 1.31. The Hall–Kier alpha value is -3.04. The summed E-state index contributed by atoms with van der Waals surface area (Å²) >= 11 is 6.34. The number of fused-ring (bicyclic) bond motifs is 3. The first-order valence-corrected chi connectivity index (χ1v) is 11.7. The van der Waals surface area contributed by atoms with Gasteiger partial charge in [0.25, 0.3) is 0 Å². The van der Waals surface area contributed by atoms with Gasteiger partial charge in [0, 0.05) is 17.8 Å². The predicted octanol–water partition coefficient (Wildman–Crippen LogP) is 7.71. The monoisotopic (exact) mass is 442 g/mol. The molecule has 5 rings (SSSR count). The lowest BCUT2D eigenvalue weighted by atomic mass is 9.77. The second-order valence-corrected chi connectivity index (χ2v) is 8.86. The number of nitrogens with one attached hydrogen (secondary N) is 1. The Labute approximate surface area is 194 Å². The smallest absolute Gasteiger partial charge is 0.137 e. The van der Waals surface area contributed by atoms with Crippen LogP contribution >= 0.6 is 11.6 Å². The molecule has 32 heavy (non-hydrogen) atoms. The molecule has 162 valence electrons. The Kier molecular flexibility index (Phi) is 6.00. The third-order valence-electron chi connectivity index (χ3n) is 6.30. The molecule has 3 aromatic carbocycles. The van der Waals surface area contributed by atoms with Gasteiger partial charge in [-0.05, 0) is 71.8 Å². The van der Waals surface area contributed by atoms with Gasteiger partial charge < -0.3 is 10.1 Å². The number of nitrogens with zero attached hydrogens (tertiary/aromatic N) is 1. The lowest BCUT2D eigenvalue weighted by Gasteiger charge is -2.37. The van der Waals surface area contributed by atoms with Crippen molar-refractivity contribution in [2.75, 3.05) is 11.9 Å². The second kappa shape index (κ2) is 9.22. The molecule has 3 nitrogen and oxygen atoms in total. The van der Waals surface area contributed by atoms with E-state index in [0.717, 1.165) is 29.8 Å². The van der Waals surface area contributed by atoms with Crippen LogP contribution in [0, 0.1) is 5.92 Å². The molecule has 0 radical (unpaired) electrons. The van der Waals surface area contributed by atoms with E-state index in [1.165, 1.54) is 16.8 Å². The zero-order valence-corrected chi connectivity index (χ0v) is 18.9. The summed E-state index contributed by atoms with van der Waals surface area (Å²) in [5.74, 6) is 1.76. The van der Waals surface area contributed by atoms with Crippen molar-refractivity contribution >= 4 is 29.2 Å². The quantitative estimate of drug-likeness (QED) is 0.313. The molecule has 0 saturated heterocycles. The highest BCUT2D eigenvalue weighted by atomic mass is 35.5. The Bertz CT molecular complexity index is 1150. The zero-order chi connectivity index (χ0) is 21.9. The minimum Gasteiger partial charge on any atom is -0.492 e. The van der Waals surface area contributed by atoms with E-state index in [2.05, 4.69) is 77.9 Å². The maximum atomic E-state index is 6.34. The van der Waals surface area contributed by atoms with Crippen LogP contribution < -0.4 is 10.1 Å². The number of allylic oxidation sites excluding steroid dienone is 2. The lowest BCUT2D eigenvalue weighted by Crippen LogP contribution is -2.28. The van der Waals surface area contributed by atoms with Gasteiger partial charge >= 0.3 is 0 Å². The fourth-order valence-corrected chi connectivity index (χ4v) is 4.96. The number of para-hydroxylation sites is 1. The molecular weight excluding hydrogens is 416 g/mol. The highest BCUT2D eigenvalue weighted by Gasteiger charge is 2.37. The summed E-state index contributed by atoms with van der Waals surface area (Å²) in [6.07, 6.45) is 8.61. The van der Waals surface area contributed by atoms with Crippen molar-refractivity contribution in [3.63, 3.8) is 0 Å². The summed E-state index contributed by atoms with van der Waals surface area (Å²) in [6.45, 7) is 2.74. The molecule has 0 amide bonds. The maximum absolute atomic E-state index is 6.34. The first-order chi connectivity index (χ1) is 15.7. The van der Waals surface area contributed by atoms with Gasteiger partial charge in [-0.1, -0.05) is 61.0 Å². The maximum Gasteiger partial charge on any atom is 0.137 e. The standard InChI is InChI=1S/C28H27ClN2O/c1-2-16-32-27-15-10-19(17-25(27)29)18-30-21-13-11-20(12-14-21)28-24-8-5-7-22(24)23-6-3-4-9-26(23)31-28/h3-7,9-15,17-18,22,24,28,31H,2,8,16H2,1H3/t22-,24-,28-/m0/s1. The minimum atomic E-state index is 0.303. The van der Waals surface area contributed by atoms with Crippen molar-refractivity contribution in [1.82, 2.24) is 0 Å². The highest BCUT2D eigenvalue weighted by Crippen LogP contribution is 2.49. The van der Waals surface area contributed by atoms with Gasteiger partial charge in [0.1, 0.15) is 5.75 Å². The number of halogens is 1. The third-order valence-corrected chi connectivity index (χ3v) is 6.60. The molecule has 1 N–H and O–H groups in total. The number of rotatable bonds is 6. The Morgan fingerprint density at radius 2 is 1.94 bits per heavy atom. The highest BCUT2D eigenvalue weighted by molar-refractivity contribution is 6.32. The zero-order valence-electron chi connectivity index (χ0n) is 18.2. The summed E-state index contributed by atoms with van der Waals surface area (Å²) in [5, 5.41) is 4.40. The van der Waals surface area contributed by atoms with E-state index in [1.807, 2.05) is 24.4 Å². The normalized spacial score (nSPS) is 21.2. The molecule has 0 unspecified atom stereocenters. The summed E-state index contributed by atoms with van der Waals surface area (Å²) in [6, 6.07) is 23.3. The number of hydrogen-bond acceptors (Lipinski definition) is 3. The fourth-order valence-electron chi connectivity index (χ4n) is 4.72. The molecule has 0 aromatic heterocycles. The molecule has 3 atom stereocenters. The van der Waals surface area contributed by atoms with Crippen LogP contribution in [0.15, 0.2) is 83.9 Å². The molecule has 0 fully saturated rings. The molecule has 3 aromatic rings. The van der Waals surface area contributed by atoms with Crippen LogP contribution in [-0.2, 0) is 0 Å². The van der Waals surface area contributed by atoms with E-state index in [9.17, 15) is 0 Å². The minimum absolute atomic E-state index is 0.303. The van der Waals surface area contributed by atoms with Crippen molar-refractivity contribution in [2.24, 2.45) is 10.9 Å². The molecule has 2 aliphatic rings. The van der Waals surface area contributed by atoms with E-state index < -0.39 is 0 Å². The van der Waals surface area contributed by atoms with Crippen LogP contribution in [0.4, 0.5) is 11.4 Å². The second-order valence-electron chi connectivity index (χ2n) is 8.45. The van der Waals surface area contributed by atoms with Gasteiger partial charge in [-0.2, -0.15) is 0 Å². The van der Waals surface area contributed by atoms with Crippen LogP contribution in [0.5, 0.6) is 5.75 Å². The topological polar surface area (TPSA) is 33.6 Å². The summed E-state index contributed by atoms with van der Waals surface area (Å²) in [5.41, 5.74) is 5.84. The van der Waals surface area contributed by atoms with Gasteiger partial charge in [-0.25, -0.2) is 0 Å². The average Bonchev–Trinajstić information content (AvgIpc) is 3.32. The van der Waals surface area contributed by atoms with E-state index in [1.54, 1.807) is 0 Å². The van der Waals surface area contributed by atoms with Gasteiger partial charge in [-0.3, -0.25) is 4.99 Å². The van der Waals surface area contributed by atoms with Gasteiger partial charge in [0.15, 0.2) is 0 Å². The average molecular weight is 443 g/mol. The number of hydrogen-bond donors (Lipinski definition) is 1. The van der Waals surface area contributed by atoms with Gasteiger partial charge in [0.05, 0.1) is 23.4 Å². The van der Waals surface area contributed by atoms with Crippen LogP contribution in [-0.4, -0.2) is 12.8 Å². The number of aliphatic imine (C=N–C) groups is 1. The Morgan fingerprint density at radius 1 is 1.09 bits per heavy atom. The first-order valence-electron chi connectivity index (χ1n) is 11.3. The van der Waals surface area contributed by atoms with Crippen molar-refractivity contribution in [3.8, 4) is 5.75 Å². The fraction of sp³-hybridized carbons (Fsp3) is 0.250. The van der Waals surface area contributed by atoms with Crippen molar-refractivity contribution in [3.05, 3.63) is 101 Å². The van der Waals surface area contributed by atoms with E-state index in [4.69, 9.17) is 16.3 Å². The van der Waals surface area contributed by atoms with Crippen LogP contribution in [0.2, 0.25) is 5.02 Å². The summed E-state index contributed by atoms with van der Waals surface area (Å²) < 4.78 is 5.64. The SMILES string of the molecule is CCCOc1ccc(C=Nc2ccc([C@@H]3Nc4ccccc4[C@@H]4C=CC[C@@H]43)cc2)cc1Cl. The molecule has 0 bridgehead atoms. The summed E-state index contributed by atoms with van der Waals surface area (Å²) in [7, 11) is 0. The van der Waals surface area contributed by atoms with Crippen LogP contribution in [0.25, 0.3) is 0 Å². The summed E-state index contributed by atoms with van der Waals surface area (Å²) in [4.78, 5) is 4.64. The van der Waals surface area contributed by atoms with E-state index in [-0.39, 0.29) is 0 Å². The molecule has 1 heterocycles. The molecule has 1 aliphatic carbocycles. The van der Waals surface area contributed by atoms with E-state index >= 15 is 0 Å². The number of anilines is 1. The Morgan fingerprint density at radius 3 is 2.75 bits per heavy atom. The molecule has 0 spiro atoms. The van der Waals surface area contributed by atoms with Crippen LogP contribution in [0.3, 0.4) is 0 Å². The van der Waals surface area contributed by atoms with Gasteiger partial charge in [0.2, 0.25) is 0 Å². The third kappa shape index (κ3) is 4.18. The number of ether oxygens (including phenoxy) is 1.